The van der Waals surface area contributed by atoms with Gasteiger partial charge in [0.2, 0.25) is 11.8 Å². The van der Waals surface area contributed by atoms with Crippen molar-refractivity contribution in [3.05, 3.63) is 63.4 Å². The first-order valence-electron chi connectivity index (χ1n) is 7.55. The van der Waals surface area contributed by atoms with E-state index in [1.807, 2.05) is 0 Å². The van der Waals surface area contributed by atoms with E-state index in [1.165, 1.54) is 18.2 Å². The smallest absolute Gasteiger partial charge is 0.294 e. The Morgan fingerprint density at radius 3 is 2.18 bits per heavy atom. The van der Waals surface area contributed by atoms with Gasteiger partial charge in [0, 0.05) is 16.8 Å². The van der Waals surface area contributed by atoms with Crippen LogP contribution in [-0.2, 0) is 19.4 Å². The predicted octanol–water partition coefficient (Wildman–Crippen LogP) is 2.38. The van der Waals surface area contributed by atoms with Gasteiger partial charge in [-0.3, -0.25) is 19.7 Å². The molecule has 0 aromatic heterocycles. The van der Waals surface area contributed by atoms with E-state index < -0.39 is 49.6 Å². The largest absolute Gasteiger partial charge is 0.325 e. The fourth-order valence-corrected chi connectivity index (χ4v) is 3.34. The van der Waals surface area contributed by atoms with E-state index in [-0.39, 0.29) is 16.4 Å². The summed E-state index contributed by atoms with van der Waals surface area (Å²) in [5, 5.41) is 15.4. The molecule has 0 saturated carbocycles. The van der Waals surface area contributed by atoms with Crippen molar-refractivity contribution >= 4 is 50.3 Å². The standard InChI is InChI=1S/C16H13ClFN3O6S/c17-10-1-6-13(14(7-10)21(24)25)20-16(23)9-28(26,27)8-15(22)19-12-4-2-11(18)3-5-12/h1-7H,8-9H2,(H,19,22)(H,20,23). The van der Waals surface area contributed by atoms with Crippen molar-refractivity contribution in [2.75, 3.05) is 22.1 Å². The van der Waals surface area contributed by atoms with Crippen molar-refractivity contribution in [1.82, 2.24) is 0 Å². The summed E-state index contributed by atoms with van der Waals surface area (Å²) in [4.78, 5) is 34.0. The van der Waals surface area contributed by atoms with Gasteiger partial charge in [-0.1, -0.05) is 11.6 Å². The minimum Gasteiger partial charge on any atom is -0.325 e. The summed E-state index contributed by atoms with van der Waals surface area (Å²) in [7, 11) is -4.16. The maximum atomic E-state index is 12.8. The van der Waals surface area contributed by atoms with Crippen molar-refractivity contribution in [2.24, 2.45) is 0 Å². The number of nitrogens with zero attached hydrogens (tertiary/aromatic N) is 1. The number of hydrogen-bond acceptors (Lipinski definition) is 6. The van der Waals surface area contributed by atoms with Crippen molar-refractivity contribution in [1.29, 1.82) is 0 Å². The van der Waals surface area contributed by atoms with Crippen molar-refractivity contribution in [2.45, 2.75) is 0 Å². The summed E-state index contributed by atoms with van der Waals surface area (Å²) in [6.45, 7) is 0. The van der Waals surface area contributed by atoms with E-state index in [0.717, 1.165) is 24.3 Å². The Morgan fingerprint density at radius 1 is 1.04 bits per heavy atom. The molecule has 28 heavy (non-hydrogen) atoms. The third-order valence-corrected chi connectivity index (χ3v) is 4.90. The normalized spacial score (nSPS) is 10.9. The minimum absolute atomic E-state index is 0.0646. The number of halogens is 2. The summed E-state index contributed by atoms with van der Waals surface area (Å²) in [6.07, 6.45) is 0. The molecule has 2 aromatic carbocycles. The van der Waals surface area contributed by atoms with Crippen LogP contribution in [-0.4, -0.2) is 36.7 Å². The summed E-state index contributed by atoms with van der Waals surface area (Å²) >= 11 is 5.66. The third kappa shape index (κ3) is 6.28. The molecule has 0 fully saturated rings. The van der Waals surface area contributed by atoms with Crippen LogP contribution in [0.25, 0.3) is 0 Å². The Hall–Kier alpha value is -3.05. The van der Waals surface area contributed by atoms with Gasteiger partial charge < -0.3 is 10.6 Å². The number of carbonyl (C=O) groups excluding carboxylic acids is 2. The fraction of sp³-hybridized carbons (Fsp3) is 0.125. The van der Waals surface area contributed by atoms with Gasteiger partial charge in [0.05, 0.1) is 4.92 Å². The molecule has 12 heteroatoms. The monoisotopic (exact) mass is 429 g/mol. The van der Waals surface area contributed by atoms with Gasteiger partial charge in [0.1, 0.15) is 23.0 Å². The van der Waals surface area contributed by atoms with E-state index in [2.05, 4.69) is 10.6 Å². The number of hydrogen-bond donors (Lipinski definition) is 2. The molecular weight excluding hydrogens is 417 g/mol. The number of amides is 2. The Kier molecular flexibility index (Phi) is 6.65. The van der Waals surface area contributed by atoms with E-state index in [0.29, 0.717) is 0 Å². The molecule has 148 valence electrons. The van der Waals surface area contributed by atoms with Gasteiger partial charge in [0.15, 0.2) is 9.84 Å². The second-order valence-corrected chi connectivity index (χ2v) is 8.05. The molecular formula is C16H13ClFN3O6S. The Bertz CT molecular complexity index is 1030. The summed E-state index contributed by atoms with van der Waals surface area (Å²) in [5.74, 6) is -4.57. The lowest BCUT2D eigenvalue weighted by Crippen LogP contribution is -2.30. The first kappa shape index (κ1) is 21.3. The zero-order valence-electron chi connectivity index (χ0n) is 14.0. The van der Waals surface area contributed by atoms with Gasteiger partial charge >= 0.3 is 0 Å². The van der Waals surface area contributed by atoms with Crippen LogP contribution in [0.1, 0.15) is 0 Å². The van der Waals surface area contributed by atoms with Crippen molar-refractivity contribution in [3.63, 3.8) is 0 Å². The first-order valence-corrected chi connectivity index (χ1v) is 9.75. The topological polar surface area (TPSA) is 135 Å². The predicted molar refractivity (Wildman–Crippen MR) is 100 cm³/mol. The molecule has 0 aliphatic carbocycles. The van der Waals surface area contributed by atoms with Crippen LogP contribution in [0.5, 0.6) is 0 Å². The SMILES string of the molecule is O=C(CS(=O)(=O)CC(=O)Nc1ccc(Cl)cc1[N+](=O)[O-])Nc1ccc(F)cc1. The number of anilines is 2. The number of nitrogens with one attached hydrogen (secondary N) is 2. The molecule has 0 atom stereocenters. The second kappa shape index (κ2) is 8.76. The van der Waals surface area contributed by atoms with Gasteiger partial charge in [-0.2, -0.15) is 0 Å². The molecule has 2 amide bonds. The molecule has 0 aliphatic heterocycles. The number of carbonyl (C=O) groups is 2. The molecule has 0 radical (unpaired) electrons. The average Bonchev–Trinajstić information content (AvgIpc) is 2.57. The lowest BCUT2D eigenvalue weighted by molar-refractivity contribution is -0.383. The number of rotatable bonds is 7. The Balaban J connectivity index is 1.99. The second-order valence-electron chi connectivity index (χ2n) is 5.55. The van der Waals surface area contributed by atoms with E-state index in [9.17, 15) is 32.5 Å². The minimum atomic E-state index is -4.16. The molecule has 0 unspecified atom stereocenters. The molecule has 0 heterocycles. The summed E-state index contributed by atoms with van der Waals surface area (Å²) in [6, 6.07) is 8.09. The van der Waals surface area contributed by atoms with Crippen LogP contribution in [0, 0.1) is 15.9 Å². The fourth-order valence-electron chi connectivity index (χ4n) is 2.13. The molecule has 0 spiro atoms. The van der Waals surface area contributed by atoms with Crippen LogP contribution in [0.15, 0.2) is 42.5 Å². The number of nitro groups is 1. The van der Waals surface area contributed by atoms with E-state index in [4.69, 9.17) is 11.6 Å². The zero-order chi connectivity index (χ0) is 20.9. The summed E-state index contributed by atoms with van der Waals surface area (Å²) < 4.78 is 36.9. The lowest BCUT2D eigenvalue weighted by Gasteiger charge is -2.08. The van der Waals surface area contributed by atoms with Crippen molar-refractivity contribution < 1.29 is 27.3 Å². The molecule has 9 nitrogen and oxygen atoms in total. The highest BCUT2D eigenvalue weighted by molar-refractivity contribution is 7.92. The zero-order valence-corrected chi connectivity index (χ0v) is 15.6. The highest BCUT2D eigenvalue weighted by Crippen LogP contribution is 2.27. The molecule has 2 rings (SSSR count). The van der Waals surface area contributed by atoms with E-state index >= 15 is 0 Å². The third-order valence-electron chi connectivity index (χ3n) is 3.26. The van der Waals surface area contributed by atoms with Crippen LogP contribution < -0.4 is 10.6 Å². The maximum absolute atomic E-state index is 12.8. The molecule has 0 bridgehead atoms. The van der Waals surface area contributed by atoms with Crippen LogP contribution in [0.2, 0.25) is 5.02 Å². The maximum Gasteiger partial charge on any atom is 0.294 e. The Morgan fingerprint density at radius 2 is 1.61 bits per heavy atom. The quantitative estimate of drug-likeness (QED) is 0.512. The number of nitro benzene ring substituents is 1. The van der Waals surface area contributed by atoms with Gasteiger partial charge in [-0.25, -0.2) is 12.8 Å². The molecule has 0 saturated heterocycles. The highest BCUT2D eigenvalue weighted by atomic mass is 35.5. The summed E-state index contributed by atoms with van der Waals surface area (Å²) in [5.41, 5.74) is -0.555. The average molecular weight is 430 g/mol. The number of sulfone groups is 1. The molecule has 2 N–H and O–H groups in total. The molecule has 2 aromatic rings. The van der Waals surface area contributed by atoms with E-state index in [1.54, 1.807) is 0 Å². The first-order chi connectivity index (χ1) is 13.1. The van der Waals surface area contributed by atoms with Gasteiger partial charge in [-0.05, 0) is 36.4 Å². The van der Waals surface area contributed by atoms with Crippen LogP contribution in [0.3, 0.4) is 0 Å². The lowest BCUT2D eigenvalue weighted by atomic mass is 10.2. The van der Waals surface area contributed by atoms with Gasteiger partial charge in [0.25, 0.3) is 5.69 Å². The number of benzene rings is 2. The van der Waals surface area contributed by atoms with Gasteiger partial charge in [-0.15, -0.1) is 0 Å². The highest BCUT2D eigenvalue weighted by Gasteiger charge is 2.23. The van der Waals surface area contributed by atoms with Crippen LogP contribution in [0.4, 0.5) is 21.5 Å². The van der Waals surface area contributed by atoms with Crippen LogP contribution >= 0.6 is 11.6 Å². The van der Waals surface area contributed by atoms with Crippen molar-refractivity contribution in [3.8, 4) is 0 Å². The Labute approximate surface area is 163 Å². The molecule has 0 aliphatic rings.